The largest absolute Gasteiger partial charge is 3.00 e. The minimum atomic E-state index is 0. The first kappa shape index (κ1) is 68.0. The average molecular weight is 961 g/mol. The SMILES string of the molecule is CCCCC(CC)CN(CC(CC)CCCC)C(=S)[S-].CCCCC(CC)CN(CC(CC)CCCC)C(=S)[S-].CCCCC(CC)CN(CC(CC)CCCC)C(=S)[S-].[B+3]. The number of nitrogens with zero attached hydrogens (tertiary/aromatic N) is 3. The van der Waals surface area contributed by atoms with Crippen LogP contribution in [0.15, 0.2) is 0 Å². The molecule has 0 bridgehead atoms. The molecule has 360 valence electrons. The van der Waals surface area contributed by atoms with Crippen LogP contribution in [0.5, 0.6) is 0 Å². The molecule has 0 aliphatic rings. The zero-order valence-electron chi connectivity index (χ0n) is 42.5. The van der Waals surface area contributed by atoms with Gasteiger partial charge in [0.2, 0.25) is 0 Å². The van der Waals surface area contributed by atoms with Crippen molar-refractivity contribution in [3.8, 4) is 0 Å². The van der Waals surface area contributed by atoms with Gasteiger partial charge in [-0.3, -0.25) is 0 Å². The van der Waals surface area contributed by atoms with Gasteiger partial charge < -0.3 is 89.2 Å². The monoisotopic (exact) mass is 960 g/mol. The fourth-order valence-corrected chi connectivity index (χ4v) is 8.94. The van der Waals surface area contributed by atoms with E-state index in [2.05, 4.69) is 97.8 Å². The van der Waals surface area contributed by atoms with Gasteiger partial charge in [-0.1, -0.05) is 212 Å². The van der Waals surface area contributed by atoms with Crippen molar-refractivity contribution in [2.24, 2.45) is 35.5 Å². The van der Waals surface area contributed by atoms with Crippen LogP contribution in [0, 0.1) is 35.5 Å². The van der Waals surface area contributed by atoms with Gasteiger partial charge in [-0.15, -0.1) is 0 Å². The van der Waals surface area contributed by atoms with Gasteiger partial charge in [-0.2, -0.15) is 0 Å². The van der Waals surface area contributed by atoms with Gasteiger partial charge in [0, 0.05) is 39.3 Å². The van der Waals surface area contributed by atoms with Crippen LogP contribution in [0.1, 0.15) is 237 Å². The van der Waals surface area contributed by atoms with Crippen LogP contribution < -0.4 is 0 Å². The van der Waals surface area contributed by atoms with E-state index in [1.807, 2.05) is 0 Å². The average Bonchev–Trinajstić information content (AvgIpc) is 3.24. The molecule has 0 aliphatic heterocycles. The quantitative estimate of drug-likeness (QED) is 0.0342. The van der Waals surface area contributed by atoms with Crippen molar-refractivity contribution in [2.75, 3.05) is 39.3 Å². The Hall–Kier alpha value is 0.395. The molecule has 0 heterocycles. The van der Waals surface area contributed by atoms with Crippen molar-refractivity contribution < 1.29 is 0 Å². The number of hydrogen-bond donors (Lipinski definition) is 0. The van der Waals surface area contributed by atoms with Crippen molar-refractivity contribution in [1.29, 1.82) is 0 Å². The number of thiocarbonyl (C=S) groups is 3. The minimum Gasteiger partial charge on any atom is -0.411 e. The summed E-state index contributed by atoms with van der Waals surface area (Å²) in [6.07, 6.45) is 30.9. The van der Waals surface area contributed by atoms with Crippen molar-refractivity contribution in [1.82, 2.24) is 14.7 Å². The molecule has 0 saturated carbocycles. The summed E-state index contributed by atoms with van der Waals surface area (Å²) in [5, 5.41) is 0. The van der Waals surface area contributed by atoms with Crippen LogP contribution in [-0.4, -0.2) is 75.3 Å². The molecular weight excluding hydrogens is 858 g/mol. The standard InChI is InChI=1S/3C17H35NS2.B/c3*1-5-9-11-15(7-3)13-18(17(19)20)14-16(8-4)12-10-6-2;/h3*15-16H,5-14H2,1-4H3,(H,19,20);/q;;;+3/p-3. The number of rotatable bonds is 36. The Morgan fingerprint density at radius 2 is 0.443 bits per heavy atom. The summed E-state index contributed by atoms with van der Waals surface area (Å²) in [5.41, 5.74) is 0. The van der Waals surface area contributed by atoms with E-state index in [0.717, 1.165) is 74.8 Å². The van der Waals surface area contributed by atoms with Crippen molar-refractivity contribution in [2.45, 2.75) is 237 Å². The zero-order chi connectivity index (χ0) is 46.1. The third kappa shape index (κ3) is 39.3. The van der Waals surface area contributed by atoms with Crippen LogP contribution >= 0.6 is 36.7 Å². The Morgan fingerprint density at radius 1 is 0.311 bits per heavy atom. The molecule has 6 atom stereocenters. The second-order valence-corrected chi connectivity index (χ2v) is 21.1. The molecule has 3 nitrogen and oxygen atoms in total. The molecule has 0 aromatic rings. The van der Waals surface area contributed by atoms with Gasteiger partial charge in [0.1, 0.15) is 0 Å². The van der Waals surface area contributed by atoms with Gasteiger partial charge in [-0.05, 0) is 74.0 Å². The summed E-state index contributed by atoms with van der Waals surface area (Å²) in [6, 6.07) is 0. The first-order chi connectivity index (χ1) is 28.7. The molecule has 0 amide bonds. The molecule has 0 aliphatic carbocycles. The third-order valence-electron chi connectivity index (χ3n) is 12.9. The van der Waals surface area contributed by atoms with Crippen LogP contribution in [-0.2, 0) is 37.9 Å². The van der Waals surface area contributed by atoms with Gasteiger partial charge in [0.25, 0.3) is 0 Å². The number of unbranched alkanes of at least 4 members (excludes halogenated alkanes) is 6. The van der Waals surface area contributed by atoms with E-state index < -0.39 is 0 Å². The van der Waals surface area contributed by atoms with Gasteiger partial charge in [0.15, 0.2) is 0 Å². The van der Waals surface area contributed by atoms with Crippen molar-refractivity contribution >= 4 is 95.9 Å². The zero-order valence-corrected chi connectivity index (χ0v) is 47.4. The van der Waals surface area contributed by atoms with Gasteiger partial charge in [0.05, 0.1) is 0 Å². The molecule has 0 N–H and O–H groups in total. The smallest absolute Gasteiger partial charge is 0.411 e. The van der Waals surface area contributed by atoms with Gasteiger partial charge in [-0.25, -0.2) is 0 Å². The fraction of sp³-hybridized carbons (Fsp3) is 0.941. The number of hydrogen-bond acceptors (Lipinski definition) is 6. The van der Waals surface area contributed by atoms with E-state index >= 15 is 0 Å². The first-order valence-corrected chi connectivity index (χ1v) is 28.1. The predicted molar refractivity (Wildman–Crippen MR) is 300 cm³/mol. The Morgan fingerprint density at radius 3 is 0.525 bits per heavy atom. The molecule has 0 aromatic heterocycles. The minimum absolute atomic E-state index is 0. The Balaban J connectivity index is -0.000000396. The molecule has 0 fully saturated rings. The molecule has 61 heavy (non-hydrogen) atoms. The van der Waals surface area contributed by atoms with E-state index in [0.29, 0.717) is 13.0 Å². The molecule has 0 saturated heterocycles. The molecule has 10 heteroatoms. The third-order valence-corrected chi connectivity index (χ3v) is 14.5. The topological polar surface area (TPSA) is 9.72 Å². The fourth-order valence-electron chi connectivity index (χ4n) is 8.04. The summed E-state index contributed by atoms with van der Waals surface area (Å²) in [7, 11) is 0. The Bertz CT molecular complexity index is 802. The molecule has 0 rings (SSSR count). The van der Waals surface area contributed by atoms with E-state index in [4.69, 9.17) is 74.5 Å². The molecule has 0 aromatic carbocycles. The molecule has 0 spiro atoms. The van der Waals surface area contributed by atoms with E-state index in [1.165, 1.54) is 154 Å². The molecular formula is C51H102BN3S6. The van der Waals surface area contributed by atoms with E-state index in [9.17, 15) is 0 Å². The van der Waals surface area contributed by atoms with Crippen molar-refractivity contribution in [3.05, 3.63) is 0 Å². The summed E-state index contributed by atoms with van der Waals surface area (Å²) in [4.78, 5) is 6.91. The molecule has 6 unspecified atom stereocenters. The van der Waals surface area contributed by atoms with Gasteiger partial charge >= 0.3 is 8.41 Å². The van der Waals surface area contributed by atoms with E-state index in [-0.39, 0.29) is 8.41 Å². The van der Waals surface area contributed by atoms with Crippen molar-refractivity contribution in [3.63, 3.8) is 0 Å². The van der Waals surface area contributed by atoms with Crippen LogP contribution in [0.2, 0.25) is 0 Å². The van der Waals surface area contributed by atoms with E-state index in [1.54, 1.807) is 0 Å². The normalized spacial score (nSPS) is 13.8. The Labute approximate surface area is 419 Å². The maximum Gasteiger partial charge on any atom is 3.00 e. The predicted octanol–water partition coefficient (Wildman–Crippen LogP) is 16.3. The summed E-state index contributed by atoms with van der Waals surface area (Å²) in [6.45, 7) is 33.8. The second kappa shape index (κ2) is 48.3. The Kier molecular flexibility index (Phi) is 53.9. The molecule has 0 radical (unpaired) electrons. The summed E-state index contributed by atoms with van der Waals surface area (Å²) in [5.74, 6) is 4.50. The maximum absolute atomic E-state index is 5.32. The first-order valence-electron chi connectivity index (χ1n) is 25.6. The summed E-state index contributed by atoms with van der Waals surface area (Å²) < 4.78 is 2.03. The second-order valence-electron chi connectivity index (χ2n) is 18.0. The van der Waals surface area contributed by atoms with Crippen LogP contribution in [0.25, 0.3) is 0 Å². The maximum atomic E-state index is 5.32. The van der Waals surface area contributed by atoms with Crippen LogP contribution in [0.3, 0.4) is 0 Å². The summed E-state index contributed by atoms with van der Waals surface area (Å²) >= 11 is 31.9. The van der Waals surface area contributed by atoms with Crippen LogP contribution in [0.4, 0.5) is 0 Å².